The molecule has 23 heavy (non-hydrogen) atoms. The Morgan fingerprint density at radius 3 is 3.04 bits per heavy atom. The van der Waals surface area contributed by atoms with Crippen molar-refractivity contribution >= 4 is 34.1 Å². The van der Waals surface area contributed by atoms with Gasteiger partial charge < -0.3 is 9.72 Å². The summed E-state index contributed by atoms with van der Waals surface area (Å²) in [6, 6.07) is 1.48. The number of anilines is 1. The van der Waals surface area contributed by atoms with Crippen molar-refractivity contribution in [1.29, 1.82) is 0 Å². The van der Waals surface area contributed by atoms with Gasteiger partial charge in [-0.1, -0.05) is 36.4 Å². The van der Waals surface area contributed by atoms with Crippen molar-refractivity contribution in [1.82, 2.24) is 20.2 Å². The van der Waals surface area contributed by atoms with Crippen LogP contribution in [-0.4, -0.2) is 38.9 Å². The van der Waals surface area contributed by atoms with Gasteiger partial charge in [0.1, 0.15) is 11.6 Å². The second-order valence-electron chi connectivity index (χ2n) is 4.56. The fourth-order valence-corrected chi connectivity index (χ4v) is 3.13. The quantitative estimate of drug-likeness (QED) is 0.545. The number of nitrogens with one attached hydrogen (secondary N) is 2. The van der Waals surface area contributed by atoms with Gasteiger partial charge in [0.15, 0.2) is 5.16 Å². The van der Waals surface area contributed by atoms with Gasteiger partial charge in [0, 0.05) is 18.9 Å². The Hall–Kier alpha value is -1.78. The zero-order valence-corrected chi connectivity index (χ0v) is 14.4. The van der Waals surface area contributed by atoms with Gasteiger partial charge in [-0.25, -0.2) is 4.98 Å². The molecule has 2 rings (SSSR count). The smallest absolute Gasteiger partial charge is 0.251 e. The number of aromatic nitrogens is 4. The van der Waals surface area contributed by atoms with Gasteiger partial charge in [0.2, 0.25) is 11.0 Å². The van der Waals surface area contributed by atoms with E-state index in [1.54, 1.807) is 7.11 Å². The molecule has 0 radical (unpaired) electrons. The second-order valence-corrected chi connectivity index (χ2v) is 6.59. The molecule has 0 saturated carbocycles. The average Bonchev–Trinajstić information content (AvgIpc) is 2.92. The molecule has 2 N–H and O–H groups in total. The van der Waals surface area contributed by atoms with E-state index in [2.05, 4.69) is 25.5 Å². The number of aryl methyl sites for hydroxylation is 1. The van der Waals surface area contributed by atoms with Gasteiger partial charge in [-0.3, -0.25) is 14.9 Å². The molecular formula is C13H17N5O3S2. The monoisotopic (exact) mass is 355 g/mol. The molecule has 0 unspecified atom stereocenters. The number of methoxy groups -OCH3 is 1. The fraction of sp³-hybridized carbons (Fsp3) is 0.462. The van der Waals surface area contributed by atoms with E-state index in [-0.39, 0.29) is 17.2 Å². The fourth-order valence-electron chi connectivity index (χ4n) is 1.71. The van der Waals surface area contributed by atoms with Gasteiger partial charge in [-0.05, 0) is 6.42 Å². The van der Waals surface area contributed by atoms with Crippen LogP contribution in [0.1, 0.15) is 24.0 Å². The number of thioether (sulfide) groups is 1. The number of hydrogen-bond donors (Lipinski definition) is 2. The van der Waals surface area contributed by atoms with Gasteiger partial charge in [-0.15, -0.1) is 10.2 Å². The summed E-state index contributed by atoms with van der Waals surface area (Å²) in [4.78, 5) is 30.4. The maximum absolute atomic E-state index is 11.9. The number of rotatable bonds is 8. The third kappa shape index (κ3) is 5.73. The molecule has 0 aliphatic heterocycles. The number of nitrogens with zero attached hydrogens (tertiary/aromatic N) is 3. The Bertz CT molecular complexity index is 716. The predicted octanol–water partition coefficient (Wildman–Crippen LogP) is 1.45. The SMILES string of the molecule is CCCc1cc(=O)[nH]c(SCC(=O)Nc2nnc(COC)s2)n1. The van der Waals surface area contributed by atoms with Crippen LogP contribution in [0.3, 0.4) is 0 Å². The summed E-state index contributed by atoms with van der Waals surface area (Å²) in [6.45, 7) is 2.38. The van der Waals surface area contributed by atoms with Gasteiger partial charge in [0.05, 0.1) is 5.75 Å². The molecule has 0 spiro atoms. The topological polar surface area (TPSA) is 110 Å². The van der Waals surface area contributed by atoms with Crippen LogP contribution in [-0.2, 0) is 22.6 Å². The summed E-state index contributed by atoms with van der Waals surface area (Å²) in [7, 11) is 1.57. The molecule has 10 heteroatoms. The molecule has 8 nitrogen and oxygen atoms in total. The van der Waals surface area contributed by atoms with Crippen molar-refractivity contribution in [3.63, 3.8) is 0 Å². The summed E-state index contributed by atoms with van der Waals surface area (Å²) in [5, 5.41) is 11.9. The molecule has 2 aromatic rings. The van der Waals surface area contributed by atoms with Crippen LogP contribution in [0.2, 0.25) is 0 Å². The Labute approximate surface area is 141 Å². The third-order valence-electron chi connectivity index (χ3n) is 2.60. The Balaban J connectivity index is 1.89. The maximum atomic E-state index is 11.9. The summed E-state index contributed by atoms with van der Waals surface area (Å²) >= 11 is 2.43. The lowest BCUT2D eigenvalue weighted by atomic mass is 10.2. The van der Waals surface area contributed by atoms with E-state index in [1.165, 1.54) is 29.2 Å². The highest BCUT2D eigenvalue weighted by atomic mass is 32.2. The standard InChI is InChI=1S/C13H17N5O3S2/c1-3-4-8-5-9(19)15-12(14-8)22-7-10(20)16-13-18-17-11(23-13)6-21-2/h5H,3-4,6-7H2,1-2H3,(H,14,15,19)(H,16,18,20). The molecule has 0 atom stereocenters. The van der Waals surface area contributed by atoms with Crippen molar-refractivity contribution in [3.05, 3.63) is 27.1 Å². The molecule has 0 aliphatic rings. The molecule has 0 fully saturated rings. The lowest BCUT2D eigenvalue weighted by molar-refractivity contribution is -0.113. The Morgan fingerprint density at radius 2 is 2.30 bits per heavy atom. The third-order valence-corrected chi connectivity index (χ3v) is 4.29. The predicted molar refractivity (Wildman–Crippen MR) is 88.8 cm³/mol. The molecule has 0 saturated heterocycles. The first-order valence-corrected chi connectivity index (χ1v) is 8.75. The number of ether oxygens (including phenoxy) is 1. The van der Waals surface area contributed by atoms with Crippen LogP contribution in [0, 0.1) is 0 Å². The lowest BCUT2D eigenvalue weighted by Gasteiger charge is -2.03. The Kier molecular flexibility index (Phi) is 6.68. The van der Waals surface area contributed by atoms with Crippen LogP contribution in [0.15, 0.2) is 16.0 Å². The van der Waals surface area contributed by atoms with Crippen LogP contribution in [0.4, 0.5) is 5.13 Å². The van der Waals surface area contributed by atoms with E-state index in [4.69, 9.17) is 4.74 Å². The molecule has 2 heterocycles. The minimum Gasteiger partial charge on any atom is -0.377 e. The Morgan fingerprint density at radius 1 is 1.48 bits per heavy atom. The van der Waals surface area contributed by atoms with Crippen molar-refractivity contribution in [2.24, 2.45) is 0 Å². The van der Waals surface area contributed by atoms with Crippen molar-refractivity contribution in [2.45, 2.75) is 31.5 Å². The van der Waals surface area contributed by atoms with E-state index in [1.807, 2.05) is 6.92 Å². The highest BCUT2D eigenvalue weighted by Crippen LogP contribution is 2.17. The molecule has 0 aromatic carbocycles. The molecule has 1 amide bonds. The number of H-pyrrole nitrogens is 1. The van der Waals surface area contributed by atoms with Crippen LogP contribution < -0.4 is 10.9 Å². The molecule has 2 aromatic heterocycles. The number of aromatic amines is 1. The number of amides is 1. The maximum Gasteiger partial charge on any atom is 0.251 e. The molecular weight excluding hydrogens is 338 g/mol. The van der Waals surface area contributed by atoms with Crippen LogP contribution in [0.25, 0.3) is 0 Å². The first kappa shape index (κ1) is 17.6. The van der Waals surface area contributed by atoms with Crippen molar-refractivity contribution < 1.29 is 9.53 Å². The van der Waals surface area contributed by atoms with E-state index in [0.29, 0.717) is 21.9 Å². The molecule has 0 bridgehead atoms. The number of carbonyl (C=O) groups excluding carboxylic acids is 1. The highest BCUT2D eigenvalue weighted by molar-refractivity contribution is 7.99. The van der Waals surface area contributed by atoms with Crippen LogP contribution >= 0.6 is 23.1 Å². The van der Waals surface area contributed by atoms with Gasteiger partial charge >= 0.3 is 0 Å². The number of hydrogen-bond acceptors (Lipinski definition) is 8. The zero-order valence-electron chi connectivity index (χ0n) is 12.8. The number of carbonyl (C=O) groups is 1. The first-order valence-electron chi connectivity index (χ1n) is 6.95. The summed E-state index contributed by atoms with van der Waals surface area (Å²) in [5.74, 6) is -0.115. The first-order chi connectivity index (χ1) is 11.1. The summed E-state index contributed by atoms with van der Waals surface area (Å²) < 4.78 is 4.94. The van der Waals surface area contributed by atoms with E-state index in [0.717, 1.165) is 18.5 Å². The second kappa shape index (κ2) is 8.75. The molecule has 124 valence electrons. The molecule has 0 aliphatic carbocycles. The zero-order chi connectivity index (χ0) is 16.7. The minimum atomic E-state index is -0.237. The van der Waals surface area contributed by atoms with E-state index < -0.39 is 0 Å². The summed E-state index contributed by atoms with van der Waals surface area (Å²) in [6.07, 6.45) is 1.64. The minimum absolute atomic E-state index is 0.123. The van der Waals surface area contributed by atoms with Crippen molar-refractivity contribution in [3.8, 4) is 0 Å². The largest absolute Gasteiger partial charge is 0.377 e. The van der Waals surface area contributed by atoms with E-state index in [9.17, 15) is 9.59 Å². The summed E-state index contributed by atoms with van der Waals surface area (Å²) in [5.41, 5.74) is 0.521. The lowest BCUT2D eigenvalue weighted by Crippen LogP contribution is -2.15. The van der Waals surface area contributed by atoms with Crippen LogP contribution in [0.5, 0.6) is 0 Å². The normalized spacial score (nSPS) is 10.7. The van der Waals surface area contributed by atoms with Gasteiger partial charge in [0.25, 0.3) is 5.56 Å². The van der Waals surface area contributed by atoms with Crippen molar-refractivity contribution in [2.75, 3.05) is 18.2 Å². The average molecular weight is 355 g/mol. The van der Waals surface area contributed by atoms with Gasteiger partial charge in [-0.2, -0.15) is 0 Å². The highest BCUT2D eigenvalue weighted by Gasteiger charge is 2.10. The van der Waals surface area contributed by atoms with E-state index >= 15 is 0 Å².